The van der Waals surface area contributed by atoms with Gasteiger partial charge in [-0.3, -0.25) is 9.59 Å². The summed E-state index contributed by atoms with van der Waals surface area (Å²) in [6.07, 6.45) is 3.14. The highest BCUT2D eigenvalue weighted by molar-refractivity contribution is 6.33. The SMILES string of the molecule is CC1=CCC2C(=O)N(c3ccccc3OC(=O)c3ccccc3Cl)C(=O)C2C1. The maximum absolute atomic E-state index is 13.0. The summed E-state index contributed by atoms with van der Waals surface area (Å²) in [6, 6.07) is 13.1. The molecule has 2 unspecified atom stereocenters. The Hall–Kier alpha value is -2.92. The first kappa shape index (κ1) is 18.4. The second kappa shape index (κ2) is 7.24. The van der Waals surface area contributed by atoms with Crippen molar-refractivity contribution in [2.75, 3.05) is 4.90 Å². The van der Waals surface area contributed by atoms with E-state index < -0.39 is 5.97 Å². The summed E-state index contributed by atoms with van der Waals surface area (Å²) in [7, 11) is 0. The molecule has 2 aliphatic rings. The quantitative estimate of drug-likeness (QED) is 0.334. The first-order valence-electron chi connectivity index (χ1n) is 9.06. The van der Waals surface area contributed by atoms with E-state index in [1.54, 1.807) is 48.5 Å². The van der Waals surface area contributed by atoms with Crippen LogP contribution < -0.4 is 9.64 Å². The maximum Gasteiger partial charge on any atom is 0.345 e. The minimum absolute atomic E-state index is 0.150. The summed E-state index contributed by atoms with van der Waals surface area (Å²) in [4.78, 5) is 39.6. The number of hydrogen-bond donors (Lipinski definition) is 0. The highest BCUT2D eigenvalue weighted by atomic mass is 35.5. The van der Waals surface area contributed by atoms with Crippen LogP contribution in [0.5, 0.6) is 5.75 Å². The fourth-order valence-corrected chi connectivity index (χ4v) is 4.00. The van der Waals surface area contributed by atoms with Gasteiger partial charge < -0.3 is 4.74 Å². The summed E-state index contributed by atoms with van der Waals surface area (Å²) in [5.41, 5.74) is 1.61. The molecule has 5 nitrogen and oxygen atoms in total. The average Bonchev–Trinajstić information content (AvgIpc) is 2.92. The van der Waals surface area contributed by atoms with Crippen molar-refractivity contribution in [3.8, 4) is 5.75 Å². The number of fused-ring (bicyclic) bond motifs is 1. The molecule has 2 aromatic carbocycles. The van der Waals surface area contributed by atoms with Gasteiger partial charge in [0.05, 0.1) is 28.1 Å². The van der Waals surface area contributed by atoms with E-state index >= 15 is 0 Å². The zero-order chi connectivity index (χ0) is 19.8. The predicted molar refractivity (Wildman–Crippen MR) is 105 cm³/mol. The first-order valence-corrected chi connectivity index (χ1v) is 9.44. The number of ether oxygens (including phenoxy) is 1. The monoisotopic (exact) mass is 395 g/mol. The Labute approximate surface area is 167 Å². The minimum atomic E-state index is -0.646. The standard InChI is InChI=1S/C22H18ClNO4/c1-13-10-11-14-16(12-13)21(26)24(20(14)25)18-8-4-5-9-19(18)28-22(27)15-6-2-3-7-17(15)23/h2-10,14,16H,11-12H2,1H3. The number of benzene rings is 2. The number of rotatable bonds is 3. The highest BCUT2D eigenvalue weighted by Gasteiger charge is 2.49. The van der Waals surface area contributed by atoms with Crippen LogP contribution in [0.1, 0.15) is 30.1 Å². The average molecular weight is 396 g/mol. The summed E-state index contributed by atoms with van der Waals surface area (Å²) < 4.78 is 5.51. The Balaban J connectivity index is 1.66. The number of carbonyl (C=O) groups is 3. The fourth-order valence-electron chi connectivity index (χ4n) is 3.78. The van der Waals surface area contributed by atoms with Gasteiger partial charge in [0, 0.05) is 0 Å². The lowest BCUT2D eigenvalue weighted by Crippen LogP contribution is -2.31. The summed E-state index contributed by atoms with van der Waals surface area (Å²) in [5.74, 6) is -1.71. The number of amides is 2. The molecule has 1 heterocycles. The van der Waals surface area contributed by atoms with Gasteiger partial charge in [0.15, 0.2) is 5.75 Å². The molecule has 0 spiro atoms. The van der Waals surface area contributed by atoms with Crippen molar-refractivity contribution in [3.05, 3.63) is 70.8 Å². The van der Waals surface area contributed by atoms with Crippen LogP contribution in [0.25, 0.3) is 0 Å². The predicted octanol–water partition coefficient (Wildman–Crippen LogP) is 4.40. The van der Waals surface area contributed by atoms with Crippen molar-refractivity contribution in [1.82, 2.24) is 0 Å². The molecule has 1 aliphatic carbocycles. The lowest BCUT2D eigenvalue weighted by Gasteiger charge is -2.19. The zero-order valence-corrected chi connectivity index (χ0v) is 16.0. The molecule has 142 valence electrons. The van der Waals surface area contributed by atoms with Gasteiger partial charge in [-0.05, 0) is 44.0 Å². The molecule has 0 aromatic heterocycles. The summed E-state index contributed by atoms with van der Waals surface area (Å²) >= 11 is 6.07. The number of halogens is 1. The second-order valence-corrected chi connectivity index (χ2v) is 7.46. The van der Waals surface area contributed by atoms with Gasteiger partial charge >= 0.3 is 5.97 Å². The topological polar surface area (TPSA) is 63.7 Å². The maximum atomic E-state index is 13.0. The molecule has 1 fully saturated rings. The number of para-hydroxylation sites is 2. The van der Waals surface area contributed by atoms with Crippen molar-refractivity contribution in [2.45, 2.75) is 19.8 Å². The van der Waals surface area contributed by atoms with Gasteiger partial charge in [0.2, 0.25) is 11.8 Å². The molecule has 0 bridgehead atoms. The lowest BCUT2D eigenvalue weighted by atomic mass is 9.82. The number of allylic oxidation sites excluding steroid dienone is 2. The van der Waals surface area contributed by atoms with Crippen molar-refractivity contribution in [2.24, 2.45) is 11.8 Å². The molecule has 2 aromatic rings. The van der Waals surface area contributed by atoms with Gasteiger partial charge in [0.25, 0.3) is 0 Å². The van der Waals surface area contributed by atoms with Gasteiger partial charge in [0.1, 0.15) is 0 Å². The van der Waals surface area contributed by atoms with Crippen LogP contribution in [-0.2, 0) is 9.59 Å². The molecule has 1 saturated heterocycles. The zero-order valence-electron chi connectivity index (χ0n) is 15.2. The van der Waals surface area contributed by atoms with Gasteiger partial charge in [-0.15, -0.1) is 0 Å². The molecule has 6 heteroatoms. The van der Waals surface area contributed by atoms with Crippen LogP contribution in [0.15, 0.2) is 60.2 Å². The second-order valence-electron chi connectivity index (χ2n) is 7.05. The van der Waals surface area contributed by atoms with E-state index in [1.807, 2.05) is 13.0 Å². The van der Waals surface area contributed by atoms with Gasteiger partial charge in [-0.2, -0.15) is 0 Å². The van der Waals surface area contributed by atoms with Gasteiger partial charge in [-0.1, -0.05) is 47.5 Å². The minimum Gasteiger partial charge on any atom is -0.421 e. The first-order chi connectivity index (χ1) is 13.5. The molecule has 1 aliphatic heterocycles. The van der Waals surface area contributed by atoms with E-state index in [9.17, 15) is 14.4 Å². The summed E-state index contributed by atoms with van der Waals surface area (Å²) in [6.45, 7) is 1.97. The molecular formula is C22H18ClNO4. The van der Waals surface area contributed by atoms with E-state index in [4.69, 9.17) is 16.3 Å². The Morgan fingerprint density at radius 1 is 1.04 bits per heavy atom. The Bertz CT molecular complexity index is 1010. The number of hydrogen-bond acceptors (Lipinski definition) is 4. The van der Waals surface area contributed by atoms with Crippen LogP contribution in [0, 0.1) is 11.8 Å². The third-order valence-corrected chi connectivity index (χ3v) is 5.56. The van der Waals surface area contributed by atoms with Crippen LogP contribution in [0.3, 0.4) is 0 Å². The Kier molecular flexibility index (Phi) is 4.77. The van der Waals surface area contributed by atoms with Crippen LogP contribution >= 0.6 is 11.6 Å². The normalized spacial score (nSPS) is 21.4. The molecule has 2 atom stereocenters. The van der Waals surface area contributed by atoms with E-state index in [0.29, 0.717) is 12.8 Å². The van der Waals surface area contributed by atoms with Crippen LogP contribution in [0.2, 0.25) is 5.02 Å². The van der Waals surface area contributed by atoms with Crippen LogP contribution in [0.4, 0.5) is 5.69 Å². The van der Waals surface area contributed by atoms with Gasteiger partial charge in [-0.25, -0.2) is 9.69 Å². The van der Waals surface area contributed by atoms with Crippen molar-refractivity contribution >= 4 is 35.1 Å². The molecule has 2 amide bonds. The Morgan fingerprint density at radius 3 is 2.50 bits per heavy atom. The smallest absolute Gasteiger partial charge is 0.345 e. The molecule has 0 radical (unpaired) electrons. The Morgan fingerprint density at radius 2 is 1.71 bits per heavy atom. The third kappa shape index (κ3) is 3.12. The number of esters is 1. The lowest BCUT2D eigenvalue weighted by molar-refractivity contribution is -0.122. The fraction of sp³-hybridized carbons (Fsp3) is 0.227. The largest absolute Gasteiger partial charge is 0.421 e. The highest BCUT2D eigenvalue weighted by Crippen LogP contribution is 2.42. The van der Waals surface area contributed by atoms with Crippen molar-refractivity contribution < 1.29 is 19.1 Å². The number of imide groups is 1. The molecular weight excluding hydrogens is 378 g/mol. The van der Waals surface area contributed by atoms with E-state index in [1.165, 1.54) is 0 Å². The van der Waals surface area contributed by atoms with E-state index in [0.717, 1.165) is 10.5 Å². The molecule has 0 saturated carbocycles. The summed E-state index contributed by atoms with van der Waals surface area (Å²) in [5, 5.41) is 0.269. The number of carbonyl (C=O) groups excluding carboxylic acids is 3. The number of nitrogens with zero attached hydrogens (tertiary/aromatic N) is 1. The van der Waals surface area contributed by atoms with E-state index in [-0.39, 0.29) is 45.7 Å². The molecule has 4 rings (SSSR count). The molecule has 28 heavy (non-hydrogen) atoms. The van der Waals surface area contributed by atoms with Crippen molar-refractivity contribution in [1.29, 1.82) is 0 Å². The van der Waals surface area contributed by atoms with Crippen molar-refractivity contribution in [3.63, 3.8) is 0 Å². The molecule has 0 N–H and O–H groups in total. The van der Waals surface area contributed by atoms with Crippen LogP contribution in [-0.4, -0.2) is 17.8 Å². The third-order valence-electron chi connectivity index (χ3n) is 5.23. The number of anilines is 1. The van der Waals surface area contributed by atoms with E-state index in [2.05, 4.69) is 0 Å².